The molecular formula is C42H39F6N3O3S3. The molecule has 6 rings (SSSR count). The van der Waals surface area contributed by atoms with Gasteiger partial charge in [-0.15, -0.1) is 11.8 Å². The number of thioether (sulfide) groups is 1. The molecule has 0 radical (unpaired) electrons. The summed E-state index contributed by atoms with van der Waals surface area (Å²) in [6.07, 6.45) is -1.86. The van der Waals surface area contributed by atoms with Gasteiger partial charge in [-0.25, -0.2) is 8.42 Å². The number of benzene rings is 5. The predicted octanol–water partition coefficient (Wildman–Crippen LogP) is 10.5. The van der Waals surface area contributed by atoms with Gasteiger partial charge in [0, 0.05) is 41.0 Å². The summed E-state index contributed by atoms with van der Waals surface area (Å²) in [5.41, 5.74) is -1.97. The zero-order valence-corrected chi connectivity index (χ0v) is 33.1. The smallest absolute Gasteiger partial charge is 0.381 e. The molecule has 3 atom stereocenters. The molecule has 0 aliphatic carbocycles. The van der Waals surface area contributed by atoms with Crippen molar-refractivity contribution in [3.63, 3.8) is 0 Å². The molecule has 0 spiro atoms. The fraction of sp³-hybridized carbons (Fsp3) is 0.262. The van der Waals surface area contributed by atoms with E-state index in [4.69, 9.17) is 0 Å². The average Bonchev–Trinajstić information content (AvgIpc) is 3.20. The van der Waals surface area contributed by atoms with Crippen LogP contribution in [0.1, 0.15) is 41.3 Å². The lowest BCUT2D eigenvalue weighted by molar-refractivity contribution is -0.137. The molecule has 57 heavy (non-hydrogen) atoms. The van der Waals surface area contributed by atoms with E-state index in [1.807, 2.05) is 54.6 Å². The van der Waals surface area contributed by atoms with E-state index in [0.717, 1.165) is 77.8 Å². The summed E-state index contributed by atoms with van der Waals surface area (Å²) in [5.74, 6) is 0.171. The van der Waals surface area contributed by atoms with Crippen molar-refractivity contribution in [3.8, 4) is 11.1 Å². The quantitative estimate of drug-likeness (QED) is 0.0908. The molecule has 15 heteroatoms. The second-order valence-corrected chi connectivity index (χ2v) is 17.4. The summed E-state index contributed by atoms with van der Waals surface area (Å²) in [6, 6.07) is 32.4. The predicted molar refractivity (Wildman–Crippen MR) is 215 cm³/mol. The maximum atomic E-state index is 13.7. The second-order valence-electron chi connectivity index (χ2n) is 13.7. The Morgan fingerprint density at radius 3 is 2.12 bits per heavy atom. The second kappa shape index (κ2) is 18.3. The summed E-state index contributed by atoms with van der Waals surface area (Å²) in [5, 5.41) is 2.99. The molecule has 6 nitrogen and oxygen atoms in total. The number of alkyl halides is 6. The third kappa shape index (κ3) is 11.1. The van der Waals surface area contributed by atoms with Crippen molar-refractivity contribution in [2.45, 2.75) is 58.6 Å². The molecule has 1 heterocycles. The molecule has 1 amide bonds. The van der Waals surface area contributed by atoms with Crippen LogP contribution in [0.25, 0.3) is 11.1 Å². The Balaban J connectivity index is 1.04. The first-order valence-corrected chi connectivity index (χ1v) is 21.3. The number of halogens is 6. The van der Waals surface area contributed by atoms with Gasteiger partial charge in [0.2, 0.25) is 0 Å². The minimum atomic E-state index is -5.07. The van der Waals surface area contributed by atoms with Crippen molar-refractivity contribution in [2.24, 2.45) is 5.92 Å². The Kier molecular flexibility index (Phi) is 13.5. The molecule has 1 fully saturated rings. The summed E-state index contributed by atoms with van der Waals surface area (Å²) < 4.78 is 108. The highest BCUT2D eigenvalue weighted by Crippen LogP contribution is 2.35. The minimum Gasteiger partial charge on any atom is -0.381 e. The number of nitrogens with zero attached hydrogens (tertiary/aromatic N) is 1. The van der Waals surface area contributed by atoms with Gasteiger partial charge < -0.3 is 10.2 Å². The van der Waals surface area contributed by atoms with Crippen LogP contribution in [0.3, 0.4) is 0 Å². The van der Waals surface area contributed by atoms with Gasteiger partial charge in [-0.05, 0) is 116 Å². The number of nitrogens with one attached hydrogen (secondary N) is 2. The molecule has 2 N–H and O–H groups in total. The molecule has 0 aromatic heterocycles. The molecule has 1 aliphatic rings. The van der Waals surface area contributed by atoms with Gasteiger partial charge in [0.05, 0.1) is 21.0 Å². The van der Waals surface area contributed by atoms with Crippen LogP contribution in [-0.4, -0.2) is 44.7 Å². The van der Waals surface area contributed by atoms with E-state index < -0.39 is 49.8 Å². The van der Waals surface area contributed by atoms with Gasteiger partial charge in [-0.1, -0.05) is 54.6 Å². The van der Waals surface area contributed by atoms with Crippen LogP contribution in [0, 0.1) is 5.92 Å². The number of carbonyl (C=O) groups excluding carboxylic acids is 1. The van der Waals surface area contributed by atoms with Crippen LogP contribution >= 0.6 is 11.8 Å². The van der Waals surface area contributed by atoms with E-state index >= 15 is 0 Å². The number of hydrogen-bond donors (Lipinski definition) is 2. The van der Waals surface area contributed by atoms with Gasteiger partial charge in [0.15, 0.2) is 21.8 Å². The first-order chi connectivity index (χ1) is 27.2. The molecule has 300 valence electrons. The number of anilines is 2. The Labute approximate surface area is 336 Å². The number of hydrogen-bond acceptors (Lipinski definition) is 6. The van der Waals surface area contributed by atoms with E-state index in [9.17, 15) is 39.6 Å². The molecule has 1 saturated heterocycles. The minimum absolute atomic E-state index is 0.0125. The van der Waals surface area contributed by atoms with Crippen LogP contribution in [0.15, 0.2) is 136 Å². The van der Waals surface area contributed by atoms with Crippen molar-refractivity contribution >= 4 is 50.8 Å². The zero-order chi connectivity index (χ0) is 40.7. The van der Waals surface area contributed by atoms with Gasteiger partial charge in [0.1, 0.15) is 0 Å². The van der Waals surface area contributed by atoms with E-state index in [0.29, 0.717) is 11.7 Å². The fourth-order valence-corrected chi connectivity index (χ4v) is 9.19. The van der Waals surface area contributed by atoms with Crippen LogP contribution in [0.5, 0.6) is 0 Å². The van der Waals surface area contributed by atoms with Crippen molar-refractivity contribution in [1.82, 2.24) is 4.72 Å². The molecule has 5 aromatic rings. The van der Waals surface area contributed by atoms with Gasteiger partial charge >= 0.3 is 11.7 Å². The summed E-state index contributed by atoms with van der Waals surface area (Å²) in [6.45, 7) is 3.29. The van der Waals surface area contributed by atoms with Gasteiger partial charge in [-0.3, -0.25) is 9.52 Å². The highest BCUT2D eigenvalue weighted by atomic mass is 32.2. The summed E-state index contributed by atoms with van der Waals surface area (Å²) in [4.78, 5) is 15.5. The maximum Gasteiger partial charge on any atom is 0.475 e. The van der Waals surface area contributed by atoms with Crippen LogP contribution in [-0.2, 0) is 34.4 Å². The first-order valence-electron chi connectivity index (χ1n) is 18.1. The monoisotopic (exact) mass is 843 g/mol. The number of piperidine rings is 1. The van der Waals surface area contributed by atoms with Crippen molar-refractivity contribution in [1.29, 1.82) is 0 Å². The standard InChI is InChI=1S/C42H39F6N3O3S3/c1-28(27-55-35-8-3-2-4-9-35)49-38-20-19-36(26-39(38)56(53)42(46,47)48)57(54)50-40(52)31-13-17-34(18-14-31)51-23-21-29(22-24-51)25-32-7-5-6-10-37(32)30-11-15-33(16-12-30)41(43,44)45/h2-20,26,28-29,49H,21-25,27H2,1H3,(H,50,52). The number of rotatable bonds is 13. The van der Waals surface area contributed by atoms with Crippen molar-refractivity contribution in [3.05, 3.63) is 138 Å². The largest absolute Gasteiger partial charge is 0.475 e. The third-order valence-electron chi connectivity index (χ3n) is 9.57. The molecular weight excluding hydrogens is 805 g/mol. The normalized spacial score (nSPS) is 15.5. The Hall–Kier alpha value is -4.60. The topological polar surface area (TPSA) is 78.5 Å². The number of carbonyl (C=O) groups is 1. The van der Waals surface area contributed by atoms with E-state index in [-0.39, 0.29) is 22.2 Å². The number of amides is 1. The summed E-state index contributed by atoms with van der Waals surface area (Å²) >= 11 is 1.51. The molecule has 0 saturated carbocycles. The Morgan fingerprint density at radius 2 is 1.47 bits per heavy atom. The van der Waals surface area contributed by atoms with Crippen molar-refractivity contribution < 1.29 is 39.6 Å². The average molecular weight is 844 g/mol. The first kappa shape index (κ1) is 42.0. The molecule has 3 unspecified atom stereocenters. The Bertz CT molecular complexity index is 2190. The fourth-order valence-electron chi connectivity index (χ4n) is 6.61. The lowest BCUT2D eigenvalue weighted by Gasteiger charge is -2.34. The van der Waals surface area contributed by atoms with Gasteiger partial charge in [-0.2, -0.15) is 26.3 Å². The molecule has 0 bridgehead atoms. The van der Waals surface area contributed by atoms with Crippen LogP contribution in [0.4, 0.5) is 37.7 Å². The Morgan fingerprint density at radius 1 is 0.825 bits per heavy atom. The van der Waals surface area contributed by atoms with Crippen molar-refractivity contribution in [2.75, 3.05) is 29.1 Å². The zero-order valence-electron chi connectivity index (χ0n) is 30.6. The maximum absolute atomic E-state index is 13.7. The van der Waals surface area contributed by atoms with Gasteiger partial charge in [0.25, 0.3) is 5.91 Å². The lowest BCUT2D eigenvalue weighted by atomic mass is 9.86. The van der Waals surface area contributed by atoms with E-state index in [2.05, 4.69) is 14.9 Å². The molecule has 5 aromatic carbocycles. The van der Waals surface area contributed by atoms with E-state index in [1.54, 1.807) is 31.2 Å². The SMILES string of the molecule is CC(CSc1ccccc1)Nc1ccc(S(=O)NC(=O)c2ccc(N3CCC(Cc4ccccc4-c4ccc(C(F)(F)F)cc4)CC3)cc2)cc1S(=O)C(F)(F)F. The third-order valence-corrected chi connectivity index (χ3v) is 13.0. The summed E-state index contributed by atoms with van der Waals surface area (Å²) in [7, 11) is -5.68. The molecule has 1 aliphatic heterocycles. The highest BCUT2D eigenvalue weighted by molar-refractivity contribution is 7.99. The highest BCUT2D eigenvalue weighted by Gasteiger charge is 2.40. The van der Waals surface area contributed by atoms with E-state index in [1.165, 1.54) is 36.0 Å². The lowest BCUT2D eigenvalue weighted by Crippen LogP contribution is -2.34. The van der Waals surface area contributed by atoms with Crippen LogP contribution in [0.2, 0.25) is 0 Å². The van der Waals surface area contributed by atoms with Crippen LogP contribution < -0.4 is 14.9 Å².